The zero-order valence-electron chi connectivity index (χ0n) is 13.0. The van der Waals surface area contributed by atoms with Crippen LogP contribution in [0.5, 0.6) is 0 Å². The van der Waals surface area contributed by atoms with Crippen LogP contribution in [0.1, 0.15) is 46.7 Å². The second-order valence-corrected chi connectivity index (χ2v) is 5.50. The zero-order chi connectivity index (χ0) is 14.3. The van der Waals surface area contributed by atoms with E-state index in [0.29, 0.717) is 12.1 Å². The minimum Gasteiger partial charge on any atom is -0.369 e. The fourth-order valence-electron chi connectivity index (χ4n) is 2.31. The summed E-state index contributed by atoms with van der Waals surface area (Å²) in [6, 6.07) is 3.20. The number of nitrogens with zero attached hydrogens (tertiary/aromatic N) is 3. The van der Waals surface area contributed by atoms with Gasteiger partial charge in [0.25, 0.3) is 0 Å². The van der Waals surface area contributed by atoms with Crippen LogP contribution in [0.25, 0.3) is 0 Å². The highest BCUT2D eigenvalue weighted by Crippen LogP contribution is 2.07. The summed E-state index contributed by atoms with van der Waals surface area (Å²) < 4.78 is 0. The van der Waals surface area contributed by atoms with Crippen LogP contribution < -0.4 is 5.32 Å². The summed E-state index contributed by atoms with van der Waals surface area (Å²) in [4.78, 5) is 11.0. The van der Waals surface area contributed by atoms with Crippen molar-refractivity contribution < 1.29 is 0 Å². The normalized spacial score (nSPS) is 11.6. The molecule has 0 saturated carbocycles. The molecule has 0 aliphatic heterocycles. The van der Waals surface area contributed by atoms with Gasteiger partial charge in [-0.1, -0.05) is 13.3 Å². The Balaban J connectivity index is 2.45. The predicted octanol–water partition coefficient (Wildman–Crippen LogP) is 2.96. The van der Waals surface area contributed by atoms with Crippen LogP contribution in [0, 0.1) is 0 Å². The van der Waals surface area contributed by atoms with E-state index in [-0.39, 0.29) is 0 Å². The molecule has 0 atom stereocenters. The van der Waals surface area contributed by atoms with Crippen molar-refractivity contribution in [3.05, 3.63) is 18.1 Å². The van der Waals surface area contributed by atoms with Gasteiger partial charge in [0, 0.05) is 36.9 Å². The molecule has 1 heterocycles. The highest BCUT2D eigenvalue weighted by Gasteiger charge is 2.12. The number of hydrogen-bond acceptors (Lipinski definition) is 4. The van der Waals surface area contributed by atoms with E-state index in [1.165, 1.54) is 0 Å². The largest absolute Gasteiger partial charge is 0.369 e. The van der Waals surface area contributed by atoms with E-state index in [4.69, 9.17) is 0 Å². The maximum Gasteiger partial charge on any atom is 0.129 e. The van der Waals surface area contributed by atoms with Gasteiger partial charge >= 0.3 is 0 Å². The van der Waals surface area contributed by atoms with Crippen molar-refractivity contribution >= 4 is 5.82 Å². The smallest absolute Gasteiger partial charge is 0.129 e. The molecule has 0 saturated heterocycles. The van der Waals surface area contributed by atoms with Crippen molar-refractivity contribution in [2.75, 3.05) is 18.4 Å². The standard InChI is InChI=1S/C15H28N4/c1-6-7-14-10-15(18-11-17-14)16-8-9-19(12(2)3)13(4)5/h10-13H,6-9H2,1-5H3,(H,16,17,18). The summed E-state index contributed by atoms with van der Waals surface area (Å²) >= 11 is 0. The molecule has 4 heteroatoms. The zero-order valence-corrected chi connectivity index (χ0v) is 13.0. The first-order valence-electron chi connectivity index (χ1n) is 7.35. The van der Waals surface area contributed by atoms with Crippen molar-refractivity contribution in [2.45, 2.75) is 59.5 Å². The lowest BCUT2D eigenvalue weighted by Gasteiger charge is -2.30. The van der Waals surface area contributed by atoms with Crippen molar-refractivity contribution in [3.8, 4) is 0 Å². The second-order valence-electron chi connectivity index (χ2n) is 5.50. The summed E-state index contributed by atoms with van der Waals surface area (Å²) in [5, 5.41) is 3.39. The van der Waals surface area contributed by atoms with Crippen LogP contribution >= 0.6 is 0 Å². The van der Waals surface area contributed by atoms with Crippen molar-refractivity contribution in [2.24, 2.45) is 0 Å². The lowest BCUT2D eigenvalue weighted by molar-refractivity contribution is 0.182. The minimum atomic E-state index is 0.572. The Morgan fingerprint density at radius 1 is 1.16 bits per heavy atom. The van der Waals surface area contributed by atoms with Crippen LogP contribution in [-0.2, 0) is 6.42 Å². The number of hydrogen-bond donors (Lipinski definition) is 1. The molecule has 1 aromatic rings. The Morgan fingerprint density at radius 3 is 2.42 bits per heavy atom. The average molecular weight is 264 g/mol. The van der Waals surface area contributed by atoms with Gasteiger partial charge in [-0.25, -0.2) is 9.97 Å². The lowest BCUT2D eigenvalue weighted by atomic mass is 10.2. The van der Waals surface area contributed by atoms with E-state index in [0.717, 1.165) is 37.4 Å². The topological polar surface area (TPSA) is 41.0 Å². The van der Waals surface area contributed by atoms with Crippen LogP contribution in [0.15, 0.2) is 12.4 Å². The highest BCUT2D eigenvalue weighted by atomic mass is 15.2. The van der Waals surface area contributed by atoms with Crippen LogP contribution in [-0.4, -0.2) is 40.0 Å². The van der Waals surface area contributed by atoms with Gasteiger partial charge in [0.05, 0.1) is 0 Å². The van der Waals surface area contributed by atoms with Gasteiger partial charge in [0.1, 0.15) is 12.1 Å². The molecule has 0 fully saturated rings. The van der Waals surface area contributed by atoms with E-state index in [9.17, 15) is 0 Å². The Bertz CT molecular complexity index is 355. The van der Waals surface area contributed by atoms with Crippen LogP contribution in [0.4, 0.5) is 5.82 Å². The van der Waals surface area contributed by atoms with Gasteiger partial charge in [-0.05, 0) is 34.1 Å². The average Bonchev–Trinajstić information content (AvgIpc) is 2.34. The molecular weight excluding hydrogens is 236 g/mol. The summed E-state index contributed by atoms with van der Waals surface area (Å²) in [6.45, 7) is 13.1. The minimum absolute atomic E-state index is 0.572. The predicted molar refractivity (Wildman–Crippen MR) is 81.5 cm³/mol. The first kappa shape index (κ1) is 15.9. The number of anilines is 1. The molecule has 1 N–H and O–H groups in total. The Morgan fingerprint density at radius 2 is 1.84 bits per heavy atom. The van der Waals surface area contributed by atoms with Gasteiger partial charge in [-0.2, -0.15) is 0 Å². The number of nitrogens with one attached hydrogen (secondary N) is 1. The summed E-state index contributed by atoms with van der Waals surface area (Å²) in [5.74, 6) is 0.936. The monoisotopic (exact) mass is 264 g/mol. The maximum atomic E-state index is 4.27. The Labute approximate surface area is 117 Å². The molecule has 0 bridgehead atoms. The molecule has 0 amide bonds. The molecule has 1 rings (SSSR count). The van der Waals surface area contributed by atoms with Gasteiger partial charge < -0.3 is 5.32 Å². The molecule has 0 spiro atoms. The molecule has 0 aliphatic carbocycles. The third kappa shape index (κ3) is 5.55. The van der Waals surface area contributed by atoms with Crippen LogP contribution in [0.3, 0.4) is 0 Å². The van der Waals surface area contributed by atoms with Crippen LogP contribution in [0.2, 0.25) is 0 Å². The molecule has 108 valence electrons. The molecular formula is C15H28N4. The highest BCUT2D eigenvalue weighted by molar-refractivity contribution is 5.34. The van der Waals surface area contributed by atoms with Crippen molar-refractivity contribution in [3.63, 3.8) is 0 Å². The first-order valence-corrected chi connectivity index (χ1v) is 7.35. The second kappa shape index (κ2) is 8.10. The summed E-state index contributed by atoms with van der Waals surface area (Å²) in [6.07, 6.45) is 3.78. The quantitative estimate of drug-likeness (QED) is 0.784. The SMILES string of the molecule is CCCc1cc(NCCN(C(C)C)C(C)C)ncn1. The third-order valence-corrected chi connectivity index (χ3v) is 3.23. The lowest BCUT2D eigenvalue weighted by Crippen LogP contribution is -2.40. The molecule has 0 aliphatic rings. The fourth-order valence-corrected chi connectivity index (χ4v) is 2.31. The van der Waals surface area contributed by atoms with Crippen molar-refractivity contribution in [1.29, 1.82) is 0 Å². The maximum absolute atomic E-state index is 4.27. The van der Waals surface area contributed by atoms with Gasteiger partial charge in [-0.3, -0.25) is 4.90 Å². The Kier molecular flexibility index (Phi) is 6.78. The molecule has 19 heavy (non-hydrogen) atoms. The molecule has 0 aromatic carbocycles. The van der Waals surface area contributed by atoms with E-state index in [1.807, 2.05) is 0 Å². The summed E-state index contributed by atoms with van der Waals surface area (Å²) in [5.41, 5.74) is 1.12. The van der Waals surface area contributed by atoms with Crippen molar-refractivity contribution in [1.82, 2.24) is 14.9 Å². The van der Waals surface area contributed by atoms with E-state index in [2.05, 4.69) is 60.9 Å². The van der Waals surface area contributed by atoms with E-state index < -0.39 is 0 Å². The Hall–Kier alpha value is -1.16. The molecule has 0 radical (unpaired) electrons. The number of rotatable bonds is 8. The number of aryl methyl sites for hydroxylation is 1. The fraction of sp³-hybridized carbons (Fsp3) is 0.733. The molecule has 1 aromatic heterocycles. The summed E-state index contributed by atoms with van der Waals surface area (Å²) in [7, 11) is 0. The first-order chi connectivity index (χ1) is 9.04. The van der Waals surface area contributed by atoms with Gasteiger partial charge in [-0.15, -0.1) is 0 Å². The number of aromatic nitrogens is 2. The molecule has 0 unspecified atom stereocenters. The van der Waals surface area contributed by atoms with Gasteiger partial charge in [0.15, 0.2) is 0 Å². The third-order valence-electron chi connectivity index (χ3n) is 3.23. The van der Waals surface area contributed by atoms with E-state index in [1.54, 1.807) is 6.33 Å². The van der Waals surface area contributed by atoms with Gasteiger partial charge in [0.2, 0.25) is 0 Å². The molecule has 4 nitrogen and oxygen atoms in total. The van der Waals surface area contributed by atoms with E-state index >= 15 is 0 Å².